The SMILES string of the molecule is CCS(=O)CCNC1CC2CCC1(C)C2(C)C. The molecule has 3 heteroatoms. The first-order valence-corrected chi connectivity index (χ1v) is 8.49. The molecule has 2 aliphatic rings. The van der Waals surface area contributed by atoms with Crippen LogP contribution >= 0.6 is 0 Å². The van der Waals surface area contributed by atoms with Crippen molar-refractivity contribution in [3.8, 4) is 0 Å². The minimum Gasteiger partial charge on any atom is -0.312 e. The summed E-state index contributed by atoms with van der Waals surface area (Å²) in [6.07, 6.45) is 4.09. The molecule has 100 valence electrons. The van der Waals surface area contributed by atoms with Gasteiger partial charge in [-0.3, -0.25) is 4.21 Å². The van der Waals surface area contributed by atoms with E-state index >= 15 is 0 Å². The molecule has 0 radical (unpaired) electrons. The summed E-state index contributed by atoms with van der Waals surface area (Å²) in [5.74, 6) is 2.49. The first-order chi connectivity index (χ1) is 7.91. The summed E-state index contributed by atoms with van der Waals surface area (Å²) in [5.41, 5.74) is 0.931. The van der Waals surface area contributed by atoms with Gasteiger partial charge in [0.15, 0.2) is 0 Å². The van der Waals surface area contributed by atoms with Gasteiger partial charge < -0.3 is 5.32 Å². The number of hydrogen-bond donors (Lipinski definition) is 1. The highest BCUT2D eigenvalue weighted by Gasteiger charge is 2.60. The second-order valence-corrected chi connectivity index (χ2v) is 8.42. The van der Waals surface area contributed by atoms with Crippen molar-refractivity contribution < 1.29 is 4.21 Å². The number of rotatable bonds is 5. The summed E-state index contributed by atoms with van der Waals surface area (Å²) in [5, 5.41) is 3.68. The Morgan fingerprint density at radius 3 is 2.53 bits per heavy atom. The van der Waals surface area contributed by atoms with Crippen molar-refractivity contribution in [3.05, 3.63) is 0 Å². The lowest BCUT2D eigenvalue weighted by atomic mass is 9.69. The highest BCUT2D eigenvalue weighted by molar-refractivity contribution is 7.84. The second-order valence-electron chi connectivity index (χ2n) is 6.55. The zero-order chi connectivity index (χ0) is 12.7. The molecule has 2 fully saturated rings. The molecule has 0 aliphatic heterocycles. The third-order valence-corrected chi connectivity index (χ3v) is 7.14. The highest BCUT2D eigenvalue weighted by Crippen LogP contribution is 2.65. The van der Waals surface area contributed by atoms with E-state index in [0.717, 1.165) is 24.0 Å². The van der Waals surface area contributed by atoms with Gasteiger partial charge in [0.1, 0.15) is 0 Å². The van der Waals surface area contributed by atoms with E-state index in [2.05, 4.69) is 26.1 Å². The maximum atomic E-state index is 11.4. The predicted molar refractivity (Wildman–Crippen MR) is 74.6 cm³/mol. The maximum Gasteiger partial charge on any atom is 0.0360 e. The molecule has 1 N–H and O–H groups in total. The Morgan fingerprint density at radius 2 is 2.06 bits per heavy atom. The molecule has 0 spiro atoms. The summed E-state index contributed by atoms with van der Waals surface area (Å²) < 4.78 is 11.4. The Labute approximate surface area is 108 Å². The summed E-state index contributed by atoms with van der Waals surface area (Å²) >= 11 is 0. The first kappa shape index (κ1) is 13.5. The summed E-state index contributed by atoms with van der Waals surface area (Å²) in [6, 6.07) is 0.644. The van der Waals surface area contributed by atoms with Crippen LogP contribution in [0.15, 0.2) is 0 Å². The fraction of sp³-hybridized carbons (Fsp3) is 1.00. The predicted octanol–water partition coefficient (Wildman–Crippen LogP) is 2.56. The third kappa shape index (κ3) is 2.10. The van der Waals surface area contributed by atoms with Crippen molar-refractivity contribution in [2.75, 3.05) is 18.1 Å². The van der Waals surface area contributed by atoms with E-state index in [1.54, 1.807) is 0 Å². The summed E-state index contributed by atoms with van der Waals surface area (Å²) in [7, 11) is -0.624. The van der Waals surface area contributed by atoms with Crippen LogP contribution in [0, 0.1) is 16.7 Å². The van der Waals surface area contributed by atoms with Crippen LogP contribution in [0.2, 0.25) is 0 Å². The zero-order valence-electron chi connectivity index (χ0n) is 11.7. The fourth-order valence-electron chi connectivity index (χ4n) is 4.00. The Hall–Kier alpha value is 0.110. The van der Waals surface area contributed by atoms with Crippen LogP contribution in [0.4, 0.5) is 0 Å². The molecule has 2 saturated carbocycles. The maximum absolute atomic E-state index is 11.4. The van der Waals surface area contributed by atoms with Crippen molar-refractivity contribution in [2.45, 2.75) is 53.0 Å². The summed E-state index contributed by atoms with van der Waals surface area (Å²) in [6.45, 7) is 10.3. The van der Waals surface area contributed by atoms with Crippen molar-refractivity contribution in [1.82, 2.24) is 5.32 Å². The first-order valence-electron chi connectivity index (χ1n) is 7.00. The van der Waals surface area contributed by atoms with Gasteiger partial charge in [-0.05, 0) is 36.0 Å². The number of hydrogen-bond acceptors (Lipinski definition) is 2. The van der Waals surface area contributed by atoms with Gasteiger partial charge in [-0.15, -0.1) is 0 Å². The normalized spacial score (nSPS) is 40.7. The lowest BCUT2D eigenvalue weighted by Gasteiger charge is -2.39. The molecule has 2 bridgehead atoms. The smallest absolute Gasteiger partial charge is 0.0360 e. The van der Waals surface area contributed by atoms with Gasteiger partial charge in [-0.25, -0.2) is 0 Å². The minimum absolute atomic E-state index is 0.450. The van der Waals surface area contributed by atoms with Crippen LogP contribution in [0.25, 0.3) is 0 Å². The lowest BCUT2D eigenvalue weighted by molar-refractivity contribution is 0.122. The lowest BCUT2D eigenvalue weighted by Crippen LogP contribution is -2.45. The molecule has 2 aliphatic carbocycles. The average molecular weight is 257 g/mol. The van der Waals surface area contributed by atoms with E-state index < -0.39 is 10.8 Å². The van der Waals surface area contributed by atoms with Crippen molar-refractivity contribution in [3.63, 3.8) is 0 Å². The van der Waals surface area contributed by atoms with Gasteiger partial charge in [0.25, 0.3) is 0 Å². The average Bonchev–Trinajstić information content (AvgIpc) is 2.61. The standard InChI is InChI=1S/C14H27NOS/c1-5-17(16)9-8-15-12-10-11-6-7-14(12,4)13(11,2)3/h11-12,15H,5-10H2,1-4H3. The summed E-state index contributed by atoms with van der Waals surface area (Å²) in [4.78, 5) is 0. The minimum atomic E-state index is -0.624. The van der Waals surface area contributed by atoms with E-state index in [-0.39, 0.29) is 0 Å². The van der Waals surface area contributed by atoms with Crippen LogP contribution in [0.3, 0.4) is 0 Å². The quantitative estimate of drug-likeness (QED) is 0.820. The Bertz CT molecular complexity index is 315. The molecule has 2 rings (SSSR count). The Balaban J connectivity index is 1.90. The zero-order valence-corrected chi connectivity index (χ0v) is 12.5. The van der Waals surface area contributed by atoms with Gasteiger partial charge in [0.05, 0.1) is 0 Å². The molecule has 4 atom stereocenters. The van der Waals surface area contributed by atoms with Gasteiger partial charge in [-0.1, -0.05) is 27.7 Å². The highest BCUT2D eigenvalue weighted by atomic mass is 32.2. The third-order valence-electron chi connectivity index (χ3n) is 5.84. The molecular weight excluding hydrogens is 230 g/mol. The van der Waals surface area contributed by atoms with Crippen molar-refractivity contribution in [2.24, 2.45) is 16.7 Å². The molecular formula is C14H27NOS. The molecule has 17 heavy (non-hydrogen) atoms. The van der Waals surface area contributed by atoms with Crippen molar-refractivity contribution >= 4 is 10.8 Å². The second kappa shape index (κ2) is 4.65. The Morgan fingerprint density at radius 1 is 1.35 bits per heavy atom. The van der Waals surface area contributed by atoms with Gasteiger partial charge in [0, 0.05) is 34.9 Å². The molecule has 0 aromatic rings. The molecule has 2 nitrogen and oxygen atoms in total. The number of nitrogens with one attached hydrogen (secondary N) is 1. The van der Waals surface area contributed by atoms with Gasteiger partial charge >= 0.3 is 0 Å². The molecule has 0 saturated heterocycles. The van der Waals surface area contributed by atoms with Crippen LogP contribution in [0.5, 0.6) is 0 Å². The molecule has 0 heterocycles. The topological polar surface area (TPSA) is 29.1 Å². The van der Waals surface area contributed by atoms with E-state index in [1.807, 2.05) is 6.92 Å². The largest absolute Gasteiger partial charge is 0.312 e. The molecule has 0 amide bonds. The Kier molecular flexibility index (Phi) is 3.71. The van der Waals surface area contributed by atoms with Crippen LogP contribution < -0.4 is 5.32 Å². The monoisotopic (exact) mass is 257 g/mol. The van der Waals surface area contributed by atoms with E-state index in [1.165, 1.54) is 19.3 Å². The van der Waals surface area contributed by atoms with E-state index in [9.17, 15) is 4.21 Å². The molecule has 4 unspecified atom stereocenters. The number of fused-ring (bicyclic) bond motifs is 2. The molecule has 0 aromatic carbocycles. The fourth-order valence-corrected chi connectivity index (χ4v) is 4.64. The van der Waals surface area contributed by atoms with Gasteiger partial charge in [-0.2, -0.15) is 0 Å². The van der Waals surface area contributed by atoms with Gasteiger partial charge in [0.2, 0.25) is 0 Å². The molecule has 0 aromatic heterocycles. The van der Waals surface area contributed by atoms with Crippen molar-refractivity contribution in [1.29, 1.82) is 0 Å². The van der Waals surface area contributed by atoms with Crippen LogP contribution in [-0.2, 0) is 10.8 Å². The van der Waals surface area contributed by atoms with E-state index in [0.29, 0.717) is 16.9 Å². The van der Waals surface area contributed by atoms with Crippen LogP contribution in [0.1, 0.15) is 47.0 Å². The van der Waals surface area contributed by atoms with Crippen LogP contribution in [-0.4, -0.2) is 28.3 Å². The van der Waals surface area contributed by atoms with E-state index in [4.69, 9.17) is 0 Å².